The lowest BCUT2D eigenvalue weighted by Crippen LogP contribution is -2.36. The van der Waals surface area contributed by atoms with Gasteiger partial charge < -0.3 is 9.40 Å². The molecular weight excluding hydrogens is 467 g/mol. The van der Waals surface area contributed by atoms with Gasteiger partial charge in [-0.2, -0.15) is 13.2 Å². The van der Waals surface area contributed by atoms with Crippen LogP contribution in [0.4, 0.5) is 13.2 Å². The Labute approximate surface area is 200 Å². The maximum atomic E-state index is 13.1. The maximum absolute atomic E-state index is 13.1. The number of aromatic nitrogens is 2. The molecule has 0 bridgehead atoms. The van der Waals surface area contributed by atoms with Crippen LogP contribution < -0.4 is 5.56 Å². The summed E-state index contributed by atoms with van der Waals surface area (Å²) in [5, 5.41) is 0.187. The third kappa shape index (κ3) is 4.79. The van der Waals surface area contributed by atoms with Gasteiger partial charge in [-0.05, 0) is 43.2 Å². The van der Waals surface area contributed by atoms with E-state index in [0.717, 1.165) is 36.5 Å². The van der Waals surface area contributed by atoms with E-state index in [4.69, 9.17) is 21.0 Å². The third-order valence-corrected chi connectivity index (χ3v) is 7.09. The van der Waals surface area contributed by atoms with Gasteiger partial charge in [0.05, 0.1) is 28.4 Å². The number of nitrogens with zero attached hydrogens (tertiary/aromatic N) is 2. The van der Waals surface area contributed by atoms with Crippen LogP contribution in [-0.4, -0.2) is 21.4 Å². The summed E-state index contributed by atoms with van der Waals surface area (Å²) in [5.74, 6) is 2.04. The summed E-state index contributed by atoms with van der Waals surface area (Å²) in [6.45, 7) is 1.59. The van der Waals surface area contributed by atoms with Crippen molar-refractivity contribution in [2.75, 3.05) is 6.54 Å². The molecule has 1 saturated carbocycles. The molecule has 1 aliphatic carbocycles. The van der Waals surface area contributed by atoms with Crippen molar-refractivity contribution < 1.29 is 17.6 Å². The monoisotopic (exact) mass is 491 g/mol. The van der Waals surface area contributed by atoms with Crippen molar-refractivity contribution in [1.29, 1.82) is 0 Å². The van der Waals surface area contributed by atoms with E-state index in [9.17, 15) is 18.0 Å². The number of alkyl halides is 3. The molecule has 3 heterocycles. The topological polar surface area (TPSA) is 62.1 Å². The average molecular weight is 492 g/mol. The van der Waals surface area contributed by atoms with E-state index in [2.05, 4.69) is 9.88 Å². The molecule has 2 aliphatic rings. The summed E-state index contributed by atoms with van der Waals surface area (Å²) >= 11 is 6.14. The van der Waals surface area contributed by atoms with E-state index >= 15 is 0 Å². The Morgan fingerprint density at radius 3 is 2.71 bits per heavy atom. The second kappa shape index (κ2) is 9.23. The van der Waals surface area contributed by atoms with E-state index < -0.39 is 11.7 Å². The van der Waals surface area contributed by atoms with Crippen LogP contribution in [0.25, 0.3) is 11.3 Å². The quantitative estimate of drug-likeness (QED) is 0.464. The molecule has 0 spiro atoms. The van der Waals surface area contributed by atoms with Gasteiger partial charge in [-0.3, -0.25) is 9.69 Å². The molecule has 34 heavy (non-hydrogen) atoms. The molecule has 5 nitrogen and oxygen atoms in total. The van der Waals surface area contributed by atoms with Gasteiger partial charge in [0, 0.05) is 31.0 Å². The molecule has 0 unspecified atom stereocenters. The number of hydrogen-bond donors (Lipinski definition) is 1. The molecule has 0 radical (unpaired) electrons. The Morgan fingerprint density at radius 2 is 1.94 bits per heavy atom. The van der Waals surface area contributed by atoms with Crippen molar-refractivity contribution >= 4 is 11.6 Å². The minimum absolute atomic E-state index is 0.0776. The van der Waals surface area contributed by atoms with E-state index in [1.807, 2.05) is 0 Å². The number of halogens is 4. The Bertz CT molecular complexity index is 1240. The summed E-state index contributed by atoms with van der Waals surface area (Å²) in [5.41, 5.74) is 0.889. The number of aromatic amines is 1. The molecule has 1 aliphatic heterocycles. The minimum Gasteiger partial charge on any atom is -0.460 e. The van der Waals surface area contributed by atoms with Gasteiger partial charge in [-0.25, -0.2) is 4.98 Å². The first-order valence-corrected chi connectivity index (χ1v) is 12.0. The number of furan rings is 1. The highest BCUT2D eigenvalue weighted by Crippen LogP contribution is 2.37. The van der Waals surface area contributed by atoms with Gasteiger partial charge in [0.25, 0.3) is 5.56 Å². The van der Waals surface area contributed by atoms with Crippen LogP contribution >= 0.6 is 11.6 Å². The van der Waals surface area contributed by atoms with E-state index in [1.165, 1.54) is 25.3 Å². The lowest BCUT2D eigenvalue weighted by Gasteiger charge is -2.28. The lowest BCUT2D eigenvalue weighted by atomic mass is 9.88. The first-order valence-electron chi connectivity index (χ1n) is 11.6. The van der Waals surface area contributed by atoms with Gasteiger partial charge in [0.2, 0.25) is 0 Å². The van der Waals surface area contributed by atoms with Crippen molar-refractivity contribution in [1.82, 2.24) is 14.9 Å². The fourth-order valence-electron chi connectivity index (χ4n) is 4.92. The summed E-state index contributed by atoms with van der Waals surface area (Å²) in [4.78, 5) is 22.7. The van der Waals surface area contributed by atoms with Gasteiger partial charge in [0.15, 0.2) is 0 Å². The zero-order valence-electron chi connectivity index (χ0n) is 18.6. The molecular formula is C25H25ClF3N3O2. The Morgan fingerprint density at radius 1 is 1.15 bits per heavy atom. The molecule has 9 heteroatoms. The molecule has 2 aromatic heterocycles. The van der Waals surface area contributed by atoms with Crippen LogP contribution in [0.3, 0.4) is 0 Å². The summed E-state index contributed by atoms with van der Waals surface area (Å²) in [6.07, 6.45) is 1.95. The zero-order valence-corrected chi connectivity index (χ0v) is 19.3. The van der Waals surface area contributed by atoms with Crippen LogP contribution in [0.15, 0.2) is 39.5 Å². The predicted octanol–water partition coefficient (Wildman–Crippen LogP) is 6.31. The second-order valence-corrected chi connectivity index (χ2v) is 9.54. The van der Waals surface area contributed by atoms with Crippen molar-refractivity contribution in [2.24, 2.45) is 0 Å². The van der Waals surface area contributed by atoms with E-state index in [-0.39, 0.29) is 21.9 Å². The van der Waals surface area contributed by atoms with Crippen molar-refractivity contribution in [3.63, 3.8) is 0 Å². The number of hydrogen-bond acceptors (Lipinski definition) is 4. The molecule has 0 atom stereocenters. The summed E-state index contributed by atoms with van der Waals surface area (Å²) < 4.78 is 45.1. The van der Waals surface area contributed by atoms with Crippen LogP contribution in [0.2, 0.25) is 5.02 Å². The normalized spacial score (nSPS) is 17.6. The highest BCUT2D eigenvalue weighted by Gasteiger charge is 2.31. The van der Waals surface area contributed by atoms with Crippen LogP contribution in [0.1, 0.15) is 66.4 Å². The molecule has 3 aromatic rings. The third-order valence-electron chi connectivity index (χ3n) is 6.76. The van der Waals surface area contributed by atoms with E-state index in [1.54, 1.807) is 12.1 Å². The van der Waals surface area contributed by atoms with Crippen molar-refractivity contribution in [3.8, 4) is 11.3 Å². The number of H-pyrrole nitrogens is 1. The molecule has 0 amide bonds. The summed E-state index contributed by atoms with van der Waals surface area (Å²) in [6, 6.07) is 6.53. The van der Waals surface area contributed by atoms with Crippen molar-refractivity contribution in [2.45, 2.75) is 63.7 Å². The molecule has 1 fully saturated rings. The number of fused-ring (bicyclic) bond motifs is 1. The van der Waals surface area contributed by atoms with Crippen molar-refractivity contribution in [3.05, 3.63) is 74.1 Å². The SMILES string of the molecule is O=c1[nH]c(C2CCCCC2)nc2c1CN(Cc1ccc(-c3cc(C(F)(F)F)ccc3Cl)o1)CC2. The van der Waals surface area contributed by atoms with Gasteiger partial charge in [0.1, 0.15) is 17.3 Å². The van der Waals surface area contributed by atoms with Crippen LogP contribution in [0, 0.1) is 0 Å². The fourth-order valence-corrected chi connectivity index (χ4v) is 5.13. The fraction of sp³-hybridized carbons (Fsp3) is 0.440. The van der Waals surface area contributed by atoms with Gasteiger partial charge in [-0.15, -0.1) is 0 Å². The Hall–Kier alpha value is -2.58. The average Bonchev–Trinajstić information content (AvgIpc) is 3.27. The standard InChI is InChI=1S/C25H25ClF3N3O2/c26-20-8-6-16(25(27,28)29)12-18(20)22-9-7-17(34-22)13-32-11-10-21-19(14-32)24(33)31-23(30-21)15-4-2-1-3-5-15/h6-9,12,15H,1-5,10-11,13-14H2,(H,30,31,33). The van der Waals surface area contributed by atoms with E-state index in [0.29, 0.717) is 43.3 Å². The molecule has 1 N–H and O–H groups in total. The first kappa shape index (κ1) is 23.2. The van der Waals surface area contributed by atoms with Crippen LogP contribution in [-0.2, 0) is 25.7 Å². The molecule has 0 saturated heterocycles. The van der Waals surface area contributed by atoms with Gasteiger partial charge in [-0.1, -0.05) is 30.9 Å². The highest BCUT2D eigenvalue weighted by molar-refractivity contribution is 6.33. The smallest absolute Gasteiger partial charge is 0.416 e. The first-order chi connectivity index (χ1) is 16.3. The summed E-state index contributed by atoms with van der Waals surface area (Å²) in [7, 11) is 0. The second-order valence-electron chi connectivity index (χ2n) is 9.13. The predicted molar refractivity (Wildman–Crippen MR) is 123 cm³/mol. The Kier molecular flexibility index (Phi) is 6.29. The highest BCUT2D eigenvalue weighted by atomic mass is 35.5. The Balaban J connectivity index is 1.31. The lowest BCUT2D eigenvalue weighted by molar-refractivity contribution is -0.137. The molecule has 180 valence electrons. The zero-order chi connectivity index (χ0) is 23.9. The maximum Gasteiger partial charge on any atom is 0.416 e. The minimum atomic E-state index is -4.46. The number of benzene rings is 1. The number of rotatable bonds is 4. The largest absolute Gasteiger partial charge is 0.460 e. The molecule has 5 rings (SSSR count). The van der Waals surface area contributed by atoms with Crippen LogP contribution in [0.5, 0.6) is 0 Å². The number of nitrogens with one attached hydrogen (secondary N) is 1. The van der Waals surface area contributed by atoms with Gasteiger partial charge >= 0.3 is 6.18 Å². The molecule has 1 aromatic carbocycles.